The van der Waals surface area contributed by atoms with E-state index in [0.717, 1.165) is 30.9 Å². The molecule has 3 N–H and O–H groups in total. The largest absolute Gasteiger partial charge is 0.385 e. The number of H-pyrrole nitrogens is 1. The molecule has 0 bridgehead atoms. The van der Waals surface area contributed by atoms with Gasteiger partial charge >= 0.3 is 0 Å². The lowest BCUT2D eigenvalue weighted by Gasteiger charge is -2.09. The van der Waals surface area contributed by atoms with E-state index in [9.17, 15) is 0 Å². The van der Waals surface area contributed by atoms with Gasteiger partial charge in [0.2, 0.25) is 0 Å². The molecule has 0 unspecified atom stereocenters. The first-order valence-electron chi connectivity index (χ1n) is 8.90. The van der Waals surface area contributed by atoms with Gasteiger partial charge in [0, 0.05) is 54.0 Å². The summed E-state index contributed by atoms with van der Waals surface area (Å²) in [4.78, 5) is 7.46. The summed E-state index contributed by atoms with van der Waals surface area (Å²) in [6, 6.07) is 20.9. The zero-order chi connectivity index (χ0) is 17.6. The molecule has 2 aromatic heterocycles. The molecule has 2 heterocycles. The Morgan fingerprint density at radius 3 is 2.46 bits per heavy atom. The number of rotatable bonds is 7. The number of fused-ring (bicyclic) bond motifs is 1. The van der Waals surface area contributed by atoms with Crippen molar-refractivity contribution >= 4 is 22.3 Å². The summed E-state index contributed by atoms with van der Waals surface area (Å²) in [5, 5.41) is 8.22. The Morgan fingerprint density at radius 2 is 1.65 bits per heavy atom. The molecule has 4 aromatic rings. The standard InChI is InChI=1S/C22H22N4/c1-2-6-22-21(5-1)18(16-26-22)11-13-24-19-7-9-20(10-8-19)25-15-17-4-3-12-23-14-17/h1-10,12,14,16,24-26H,11,13,15H2. The molecule has 0 spiro atoms. The second kappa shape index (κ2) is 7.74. The number of hydrogen-bond donors (Lipinski definition) is 3. The average molecular weight is 342 g/mol. The monoisotopic (exact) mass is 342 g/mol. The van der Waals surface area contributed by atoms with Crippen LogP contribution in [0.3, 0.4) is 0 Å². The Hall–Kier alpha value is -3.27. The van der Waals surface area contributed by atoms with Gasteiger partial charge in [0.1, 0.15) is 0 Å². The third kappa shape index (κ3) is 3.86. The molecule has 0 fully saturated rings. The van der Waals surface area contributed by atoms with Crippen molar-refractivity contribution in [3.63, 3.8) is 0 Å². The normalized spacial score (nSPS) is 10.8. The van der Waals surface area contributed by atoms with Gasteiger partial charge in [-0.05, 0) is 53.9 Å². The van der Waals surface area contributed by atoms with Gasteiger partial charge in [0.25, 0.3) is 0 Å². The van der Waals surface area contributed by atoms with Crippen LogP contribution in [0.25, 0.3) is 10.9 Å². The Balaban J connectivity index is 1.29. The quantitative estimate of drug-likeness (QED) is 0.451. The van der Waals surface area contributed by atoms with Crippen LogP contribution in [0.5, 0.6) is 0 Å². The lowest BCUT2D eigenvalue weighted by Crippen LogP contribution is -2.05. The van der Waals surface area contributed by atoms with Crippen molar-refractivity contribution in [1.82, 2.24) is 9.97 Å². The minimum atomic E-state index is 0.779. The van der Waals surface area contributed by atoms with Crippen LogP contribution in [0.15, 0.2) is 79.3 Å². The van der Waals surface area contributed by atoms with Crippen LogP contribution >= 0.6 is 0 Å². The fourth-order valence-electron chi connectivity index (χ4n) is 3.09. The first kappa shape index (κ1) is 16.2. The van der Waals surface area contributed by atoms with Crippen LogP contribution in [-0.2, 0) is 13.0 Å². The van der Waals surface area contributed by atoms with E-state index < -0.39 is 0 Å². The number of aromatic nitrogens is 2. The molecular formula is C22H22N4. The van der Waals surface area contributed by atoms with Crippen LogP contribution in [0.2, 0.25) is 0 Å². The minimum Gasteiger partial charge on any atom is -0.385 e. The predicted molar refractivity (Wildman–Crippen MR) is 108 cm³/mol. The average Bonchev–Trinajstić information content (AvgIpc) is 3.11. The molecule has 0 saturated carbocycles. The molecule has 26 heavy (non-hydrogen) atoms. The van der Waals surface area contributed by atoms with E-state index >= 15 is 0 Å². The molecule has 4 heteroatoms. The molecule has 0 aliphatic carbocycles. The predicted octanol–water partition coefficient (Wildman–Crippen LogP) is 4.83. The van der Waals surface area contributed by atoms with Crippen molar-refractivity contribution in [2.45, 2.75) is 13.0 Å². The van der Waals surface area contributed by atoms with Gasteiger partial charge in [-0.25, -0.2) is 0 Å². The van der Waals surface area contributed by atoms with Gasteiger partial charge in [0.05, 0.1) is 0 Å². The maximum absolute atomic E-state index is 4.13. The van der Waals surface area contributed by atoms with E-state index in [0.29, 0.717) is 0 Å². The number of nitrogens with zero attached hydrogens (tertiary/aromatic N) is 1. The van der Waals surface area contributed by atoms with E-state index in [-0.39, 0.29) is 0 Å². The molecule has 0 atom stereocenters. The number of anilines is 2. The van der Waals surface area contributed by atoms with Gasteiger partial charge in [-0.1, -0.05) is 24.3 Å². The lowest BCUT2D eigenvalue weighted by molar-refractivity contribution is 1.03. The number of para-hydroxylation sites is 1. The molecule has 4 nitrogen and oxygen atoms in total. The smallest absolute Gasteiger partial charge is 0.0456 e. The zero-order valence-electron chi connectivity index (χ0n) is 14.6. The highest BCUT2D eigenvalue weighted by Crippen LogP contribution is 2.19. The molecule has 0 aliphatic heterocycles. The molecular weight excluding hydrogens is 320 g/mol. The third-order valence-electron chi connectivity index (χ3n) is 4.50. The van der Waals surface area contributed by atoms with Gasteiger partial charge in [0.15, 0.2) is 0 Å². The van der Waals surface area contributed by atoms with Crippen LogP contribution in [0.1, 0.15) is 11.1 Å². The Kier molecular flexibility index (Phi) is 4.83. The van der Waals surface area contributed by atoms with E-state index in [1.807, 2.05) is 12.3 Å². The fraction of sp³-hybridized carbons (Fsp3) is 0.136. The Labute approximate surface area is 153 Å². The van der Waals surface area contributed by atoms with E-state index in [4.69, 9.17) is 0 Å². The fourth-order valence-corrected chi connectivity index (χ4v) is 3.09. The first-order chi connectivity index (χ1) is 12.9. The summed E-state index contributed by atoms with van der Waals surface area (Å²) in [5.41, 5.74) is 5.97. The summed E-state index contributed by atoms with van der Waals surface area (Å²) in [6.45, 7) is 1.69. The Bertz CT molecular complexity index is 958. The minimum absolute atomic E-state index is 0.779. The first-order valence-corrected chi connectivity index (χ1v) is 8.90. The topological polar surface area (TPSA) is 52.7 Å². The van der Waals surface area contributed by atoms with Crippen molar-refractivity contribution in [2.24, 2.45) is 0 Å². The number of benzene rings is 2. The van der Waals surface area contributed by atoms with Gasteiger partial charge < -0.3 is 15.6 Å². The van der Waals surface area contributed by atoms with Crippen molar-refractivity contribution in [1.29, 1.82) is 0 Å². The van der Waals surface area contributed by atoms with Crippen LogP contribution < -0.4 is 10.6 Å². The van der Waals surface area contributed by atoms with Crippen molar-refractivity contribution in [3.05, 3.63) is 90.4 Å². The van der Waals surface area contributed by atoms with Crippen LogP contribution in [0, 0.1) is 0 Å². The maximum Gasteiger partial charge on any atom is 0.0456 e. The van der Waals surface area contributed by atoms with Gasteiger partial charge in [-0.15, -0.1) is 0 Å². The second-order valence-corrected chi connectivity index (χ2v) is 6.33. The Morgan fingerprint density at radius 1 is 0.846 bits per heavy atom. The second-order valence-electron chi connectivity index (χ2n) is 6.33. The van der Waals surface area contributed by atoms with Crippen molar-refractivity contribution in [2.75, 3.05) is 17.2 Å². The van der Waals surface area contributed by atoms with Crippen LogP contribution in [0.4, 0.5) is 11.4 Å². The summed E-state index contributed by atoms with van der Waals surface area (Å²) in [6.07, 6.45) is 6.77. The zero-order valence-corrected chi connectivity index (χ0v) is 14.6. The number of hydrogen-bond acceptors (Lipinski definition) is 3. The maximum atomic E-state index is 4.13. The number of aromatic amines is 1. The van der Waals surface area contributed by atoms with Crippen LogP contribution in [-0.4, -0.2) is 16.5 Å². The summed E-state index contributed by atoms with van der Waals surface area (Å²) >= 11 is 0. The highest BCUT2D eigenvalue weighted by Gasteiger charge is 2.02. The SMILES string of the molecule is c1cncc(CNc2ccc(NCCc3c[nH]c4ccccc34)cc2)c1. The van der Waals surface area contributed by atoms with E-state index in [1.54, 1.807) is 6.20 Å². The molecule has 0 radical (unpaired) electrons. The summed E-state index contributed by atoms with van der Waals surface area (Å²) in [5.74, 6) is 0. The van der Waals surface area contributed by atoms with E-state index in [2.05, 4.69) is 81.4 Å². The number of pyridine rings is 1. The highest BCUT2D eigenvalue weighted by molar-refractivity contribution is 5.83. The summed E-state index contributed by atoms with van der Waals surface area (Å²) < 4.78 is 0. The third-order valence-corrected chi connectivity index (χ3v) is 4.50. The van der Waals surface area contributed by atoms with Crippen molar-refractivity contribution < 1.29 is 0 Å². The van der Waals surface area contributed by atoms with Gasteiger partial charge in [-0.2, -0.15) is 0 Å². The molecule has 0 aliphatic rings. The highest BCUT2D eigenvalue weighted by atomic mass is 14.9. The molecule has 4 rings (SSSR count). The number of nitrogens with one attached hydrogen (secondary N) is 3. The molecule has 2 aromatic carbocycles. The molecule has 0 saturated heterocycles. The van der Waals surface area contributed by atoms with E-state index in [1.165, 1.54) is 22.0 Å². The lowest BCUT2D eigenvalue weighted by atomic mass is 10.1. The molecule has 0 amide bonds. The van der Waals surface area contributed by atoms with Gasteiger partial charge in [-0.3, -0.25) is 4.98 Å². The van der Waals surface area contributed by atoms with Crippen molar-refractivity contribution in [3.8, 4) is 0 Å². The molecule has 130 valence electrons. The summed E-state index contributed by atoms with van der Waals surface area (Å²) in [7, 11) is 0.